The van der Waals surface area contributed by atoms with Gasteiger partial charge in [0.2, 0.25) is 0 Å². The molecule has 21 heavy (non-hydrogen) atoms. The number of fused-ring (bicyclic) bond motifs is 1. The molecular formula is C19H24N2. The normalized spacial score (nSPS) is 15.1. The first-order valence-electron chi connectivity index (χ1n) is 7.99. The maximum atomic E-state index is 4.91. The first-order chi connectivity index (χ1) is 10.2. The van der Waals surface area contributed by atoms with Gasteiger partial charge >= 0.3 is 0 Å². The van der Waals surface area contributed by atoms with E-state index in [1.54, 1.807) is 0 Å². The highest BCUT2D eigenvalue weighted by atomic mass is 15.1. The zero-order chi connectivity index (χ0) is 14.8. The van der Waals surface area contributed by atoms with Gasteiger partial charge < -0.3 is 4.90 Å². The van der Waals surface area contributed by atoms with Gasteiger partial charge in [0.05, 0.1) is 5.52 Å². The van der Waals surface area contributed by atoms with Gasteiger partial charge in [-0.2, -0.15) is 0 Å². The van der Waals surface area contributed by atoms with Crippen LogP contribution in [0.15, 0.2) is 30.3 Å². The van der Waals surface area contributed by atoms with Crippen molar-refractivity contribution in [1.29, 1.82) is 0 Å². The Hall–Kier alpha value is -1.83. The van der Waals surface area contributed by atoms with Crippen LogP contribution in [0.2, 0.25) is 0 Å². The summed E-state index contributed by atoms with van der Waals surface area (Å²) >= 11 is 0. The molecule has 0 spiro atoms. The van der Waals surface area contributed by atoms with Crippen LogP contribution >= 0.6 is 0 Å². The average molecular weight is 280 g/mol. The van der Waals surface area contributed by atoms with E-state index in [0.29, 0.717) is 0 Å². The highest BCUT2D eigenvalue weighted by Crippen LogP contribution is 2.31. The van der Waals surface area contributed by atoms with Crippen LogP contribution in [0.25, 0.3) is 16.5 Å². The summed E-state index contributed by atoms with van der Waals surface area (Å²) in [6, 6.07) is 8.89. The number of aromatic nitrogens is 1. The molecule has 0 N–H and O–H groups in total. The van der Waals surface area contributed by atoms with Gasteiger partial charge in [-0.15, -0.1) is 0 Å². The number of nitrogens with zero attached hydrogens (tertiary/aromatic N) is 2. The number of benzene rings is 1. The fraction of sp³-hybridized carbons (Fsp3) is 0.421. The van der Waals surface area contributed by atoms with Gasteiger partial charge in [0.1, 0.15) is 0 Å². The van der Waals surface area contributed by atoms with E-state index in [1.807, 2.05) is 0 Å². The molecule has 0 aliphatic heterocycles. The predicted octanol–water partition coefficient (Wildman–Crippen LogP) is 4.82. The van der Waals surface area contributed by atoms with Crippen molar-refractivity contribution in [1.82, 2.24) is 4.98 Å². The number of pyridine rings is 1. The van der Waals surface area contributed by atoms with E-state index in [0.717, 1.165) is 11.9 Å². The summed E-state index contributed by atoms with van der Waals surface area (Å²) < 4.78 is 0. The second-order valence-corrected chi connectivity index (χ2v) is 6.08. The number of hydrogen-bond acceptors (Lipinski definition) is 2. The zero-order valence-electron chi connectivity index (χ0n) is 13.3. The van der Waals surface area contributed by atoms with Crippen molar-refractivity contribution in [2.75, 3.05) is 19.0 Å². The fourth-order valence-corrected chi connectivity index (χ4v) is 3.11. The number of allylic oxidation sites excluding steroid dienone is 2. The fourth-order valence-electron chi connectivity index (χ4n) is 3.11. The molecule has 2 aromatic rings. The Bertz CT molecular complexity index is 683. The van der Waals surface area contributed by atoms with Crippen LogP contribution in [0.4, 0.5) is 5.69 Å². The minimum Gasteiger partial charge on any atom is -0.378 e. The van der Waals surface area contributed by atoms with Gasteiger partial charge in [-0.3, -0.25) is 4.98 Å². The van der Waals surface area contributed by atoms with Crippen LogP contribution in [0.3, 0.4) is 0 Å². The molecule has 1 aromatic carbocycles. The third-order valence-corrected chi connectivity index (χ3v) is 4.37. The van der Waals surface area contributed by atoms with E-state index in [1.165, 1.54) is 53.6 Å². The number of rotatable bonds is 3. The summed E-state index contributed by atoms with van der Waals surface area (Å²) in [6.07, 6.45) is 8.47. The Morgan fingerprint density at radius 1 is 1.14 bits per heavy atom. The summed E-state index contributed by atoms with van der Waals surface area (Å²) in [5.74, 6) is 0. The Labute approximate surface area is 127 Å². The van der Waals surface area contributed by atoms with Gasteiger partial charge in [-0.1, -0.05) is 13.0 Å². The lowest BCUT2D eigenvalue weighted by atomic mass is 9.91. The highest BCUT2D eigenvalue weighted by molar-refractivity contribution is 5.86. The molecule has 0 saturated heterocycles. The minimum absolute atomic E-state index is 0.998. The first kappa shape index (κ1) is 14.1. The molecule has 1 aliphatic carbocycles. The molecule has 110 valence electrons. The van der Waals surface area contributed by atoms with Crippen LogP contribution < -0.4 is 4.90 Å². The van der Waals surface area contributed by atoms with Crippen LogP contribution in [0.5, 0.6) is 0 Å². The summed E-state index contributed by atoms with van der Waals surface area (Å²) in [6.45, 7) is 2.20. The quantitative estimate of drug-likeness (QED) is 0.801. The lowest BCUT2D eigenvalue weighted by molar-refractivity contribution is 0.740. The summed E-state index contributed by atoms with van der Waals surface area (Å²) in [7, 11) is 4.17. The topological polar surface area (TPSA) is 16.1 Å². The van der Waals surface area contributed by atoms with E-state index in [9.17, 15) is 0 Å². The van der Waals surface area contributed by atoms with Crippen molar-refractivity contribution in [3.05, 3.63) is 41.6 Å². The molecule has 2 nitrogen and oxygen atoms in total. The predicted molar refractivity (Wildman–Crippen MR) is 91.9 cm³/mol. The van der Waals surface area contributed by atoms with E-state index in [4.69, 9.17) is 4.98 Å². The van der Waals surface area contributed by atoms with Gasteiger partial charge in [-0.05, 0) is 67.5 Å². The van der Waals surface area contributed by atoms with Crippen molar-refractivity contribution in [3.8, 4) is 0 Å². The van der Waals surface area contributed by atoms with Crippen molar-refractivity contribution in [2.45, 2.75) is 39.0 Å². The van der Waals surface area contributed by atoms with Crippen molar-refractivity contribution in [2.24, 2.45) is 0 Å². The van der Waals surface area contributed by atoms with Crippen molar-refractivity contribution in [3.63, 3.8) is 0 Å². The molecule has 0 radical (unpaired) electrons. The van der Waals surface area contributed by atoms with Crippen LogP contribution in [0.1, 0.15) is 43.9 Å². The van der Waals surface area contributed by atoms with Gasteiger partial charge in [0.25, 0.3) is 0 Å². The molecule has 0 saturated carbocycles. The first-order valence-corrected chi connectivity index (χ1v) is 7.99. The maximum absolute atomic E-state index is 4.91. The molecule has 3 rings (SSSR count). The molecule has 1 aliphatic rings. The molecule has 0 atom stereocenters. The Kier molecular flexibility index (Phi) is 3.96. The zero-order valence-corrected chi connectivity index (χ0v) is 13.3. The second kappa shape index (κ2) is 5.88. The molecule has 1 aromatic heterocycles. The van der Waals surface area contributed by atoms with Crippen molar-refractivity contribution < 1.29 is 0 Å². The highest BCUT2D eigenvalue weighted by Gasteiger charge is 2.12. The number of hydrogen-bond donors (Lipinski definition) is 0. The van der Waals surface area contributed by atoms with Crippen LogP contribution in [-0.2, 0) is 6.42 Å². The third-order valence-electron chi connectivity index (χ3n) is 4.37. The summed E-state index contributed by atoms with van der Waals surface area (Å²) in [5, 5.41) is 1.25. The molecule has 2 heteroatoms. The van der Waals surface area contributed by atoms with Crippen LogP contribution in [-0.4, -0.2) is 19.1 Å². The van der Waals surface area contributed by atoms with Crippen molar-refractivity contribution >= 4 is 22.2 Å². The molecule has 0 bridgehead atoms. The molecule has 0 unspecified atom stereocenters. The monoisotopic (exact) mass is 280 g/mol. The molecule has 1 heterocycles. The van der Waals surface area contributed by atoms with Gasteiger partial charge in [0.15, 0.2) is 0 Å². The largest absolute Gasteiger partial charge is 0.378 e. The smallest absolute Gasteiger partial charge is 0.0707 e. The second-order valence-electron chi connectivity index (χ2n) is 6.08. The Morgan fingerprint density at radius 3 is 2.67 bits per heavy atom. The van der Waals surface area contributed by atoms with E-state index in [-0.39, 0.29) is 0 Å². The Balaban J connectivity index is 2.15. The Morgan fingerprint density at radius 2 is 2.00 bits per heavy atom. The third kappa shape index (κ3) is 2.80. The summed E-state index contributed by atoms with van der Waals surface area (Å²) in [4.78, 5) is 7.06. The minimum atomic E-state index is 0.998. The summed E-state index contributed by atoms with van der Waals surface area (Å²) in [5.41, 5.74) is 6.46. The lowest BCUT2D eigenvalue weighted by Crippen LogP contribution is -2.08. The molecule has 0 amide bonds. The SMILES string of the molecule is CCc1nc2ccc(N(C)C)cc2cc1C1=CCCCC1. The van der Waals surface area contributed by atoms with Crippen LogP contribution in [0, 0.1) is 0 Å². The van der Waals surface area contributed by atoms with E-state index >= 15 is 0 Å². The van der Waals surface area contributed by atoms with E-state index < -0.39 is 0 Å². The molecular weight excluding hydrogens is 256 g/mol. The van der Waals surface area contributed by atoms with E-state index in [2.05, 4.69) is 56.3 Å². The maximum Gasteiger partial charge on any atom is 0.0707 e. The van der Waals surface area contributed by atoms with Gasteiger partial charge in [0, 0.05) is 30.9 Å². The number of anilines is 1. The number of aryl methyl sites for hydroxylation is 1. The standard InChI is InChI=1S/C19H24N2/c1-4-18-17(14-8-6-5-7-9-14)13-15-12-16(21(2)3)10-11-19(15)20-18/h8,10-13H,4-7,9H2,1-3H3. The average Bonchev–Trinajstić information content (AvgIpc) is 2.53. The van der Waals surface area contributed by atoms with Gasteiger partial charge in [-0.25, -0.2) is 0 Å². The lowest BCUT2D eigenvalue weighted by Gasteiger charge is -2.18. The molecule has 0 fully saturated rings.